The van der Waals surface area contributed by atoms with Gasteiger partial charge in [0.1, 0.15) is 11.5 Å². The van der Waals surface area contributed by atoms with Crippen LogP contribution in [0.5, 0.6) is 11.5 Å². The zero-order valence-electron chi connectivity index (χ0n) is 13.9. The molecule has 7 heteroatoms. The van der Waals surface area contributed by atoms with Crippen LogP contribution in [0, 0.1) is 0 Å². The SMILES string of the molecule is COc1cc(CN2CCN(C(=O)C(C)N)CC2)cc(OC)c1.Cl. The number of halogens is 1. The van der Waals surface area contributed by atoms with E-state index >= 15 is 0 Å². The number of benzene rings is 1. The fourth-order valence-electron chi connectivity index (χ4n) is 2.63. The lowest BCUT2D eigenvalue weighted by atomic mass is 10.1. The molecule has 1 fully saturated rings. The molecule has 2 rings (SSSR count). The Balaban J connectivity index is 0.00000264. The molecule has 2 N–H and O–H groups in total. The lowest BCUT2D eigenvalue weighted by Gasteiger charge is -2.35. The summed E-state index contributed by atoms with van der Waals surface area (Å²) in [4.78, 5) is 16.0. The average molecular weight is 344 g/mol. The number of nitrogens with two attached hydrogens (primary N) is 1. The molecule has 1 unspecified atom stereocenters. The van der Waals surface area contributed by atoms with Crippen LogP contribution in [-0.4, -0.2) is 62.1 Å². The van der Waals surface area contributed by atoms with E-state index in [1.54, 1.807) is 21.1 Å². The van der Waals surface area contributed by atoms with Gasteiger partial charge in [-0.1, -0.05) is 0 Å². The molecular formula is C16H26ClN3O3. The first-order valence-electron chi connectivity index (χ1n) is 7.52. The van der Waals surface area contributed by atoms with Crippen molar-refractivity contribution in [2.24, 2.45) is 5.73 Å². The molecule has 1 aromatic rings. The highest BCUT2D eigenvalue weighted by molar-refractivity contribution is 5.85. The molecule has 0 radical (unpaired) electrons. The van der Waals surface area contributed by atoms with Gasteiger partial charge in [0.05, 0.1) is 20.3 Å². The van der Waals surface area contributed by atoms with Crippen molar-refractivity contribution >= 4 is 18.3 Å². The standard InChI is InChI=1S/C16H25N3O3.ClH/c1-12(17)16(20)19-6-4-18(5-7-19)11-13-8-14(21-2)10-15(9-13)22-3;/h8-10,12H,4-7,11,17H2,1-3H3;1H. The van der Waals surface area contributed by atoms with Crippen LogP contribution in [0.15, 0.2) is 18.2 Å². The van der Waals surface area contributed by atoms with Crippen molar-refractivity contribution in [3.8, 4) is 11.5 Å². The number of hydrogen-bond donors (Lipinski definition) is 1. The van der Waals surface area contributed by atoms with E-state index in [1.807, 2.05) is 23.1 Å². The zero-order valence-corrected chi connectivity index (χ0v) is 14.8. The Morgan fingerprint density at radius 2 is 1.65 bits per heavy atom. The molecule has 1 aliphatic heterocycles. The Hall–Kier alpha value is -1.50. The van der Waals surface area contributed by atoms with Gasteiger partial charge in [-0.05, 0) is 24.6 Å². The smallest absolute Gasteiger partial charge is 0.239 e. The summed E-state index contributed by atoms with van der Waals surface area (Å²) in [5, 5.41) is 0. The van der Waals surface area contributed by atoms with Crippen LogP contribution < -0.4 is 15.2 Å². The molecular weight excluding hydrogens is 318 g/mol. The number of nitrogens with zero attached hydrogens (tertiary/aromatic N) is 2. The first-order valence-corrected chi connectivity index (χ1v) is 7.52. The van der Waals surface area contributed by atoms with Crippen LogP contribution in [0.25, 0.3) is 0 Å². The fourth-order valence-corrected chi connectivity index (χ4v) is 2.63. The maximum absolute atomic E-state index is 11.9. The van der Waals surface area contributed by atoms with Crippen LogP contribution in [-0.2, 0) is 11.3 Å². The summed E-state index contributed by atoms with van der Waals surface area (Å²) in [6.07, 6.45) is 0. The molecule has 1 aromatic carbocycles. The predicted octanol–water partition coefficient (Wildman–Crippen LogP) is 1.12. The molecule has 0 aliphatic carbocycles. The molecule has 1 atom stereocenters. The Bertz CT molecular complexity index is 495. The summed E-state index contributed by atoms with van der Waals surface area (Å²) in [5.74, 6) is 1.61. The van der Waals surface area contributed by atoms with Crippen molar-refractivity contribution in [2.45, 2.75) is 19.5 Å². The minimum absolute atomic E-state index is 0. The summed E-state index contributed by atoms with van der Waals surface area (Å²) in [6.45, 7) is 5.68. The number of carbonyl (C=O) groups is 1. The quantitative estimate of drug-likeness (QED) is 0.867. The van der Waals surface area contributed by atoms with Crippen LogP contribution in [0.2, 0.25) is 0 Å². The number of ether oxygens (including phenoxy) is 2. The van der Waals surface area contributed by atoms with E-state index in [-0.39, 0.29) is 18.3 Å². The van der Waals surface area contributed by atoms with Crippen molar-refractivity contribution in [3.63, 3.8) is 0 Å². The summed E-state index contributed by atoms with van der Waals surface area (Å²) < 4.78 is 10.6. The summed E-state index contributed by atoms with van der Waals surface area (Å²) in [6, 6.07) is 5.47. The molecule has 0 spiro atoms. The molecule has 1 saturated heterocycles. The minimum Gasteiger partial charge on any atom is -0.497 e. The van der Waals surface area contributed by atoms with Crippen LogP contribution >= 0.6 is 12.4 Å². The second kappa shape index (κ2) is 8.96. The maximum atomic E-state index is 11.9. The van der Waals surface area contributed by atoms with Gasteiger partial charge < -0.3 is 20.1 Å². The minimum atomic E-state index is -0.422. The van der Waals surface area contributed by atoms with E-state index in [0.29, 0.717) is 0 Å². The zero-order chi connectivity index (χ0) is 16.1. The Kier molecular flexibility index (Phi) is 7.61. The van der Waals surface area contributed by atoms with E-state index in [9.17, 15) is 4.79 Å². The molecule has 0 saturated carbocycles. The van der Waals surface area contributed by atoms with E-state index in [4.69, 9.17) is 15.2 Å². The number of piperazine rings is 1. The molecule has 1 heterocycles. The van der Waals surface area contributed by atoms with Crippen molar-refractivity contribution in [1.82, 2.24) is 9.80 Å². The molecule has 6 nitrogen and oxygen atoms in total. The van der Waals surface area contributed by atoms with Gasteiger partial charge in [-0.25, -0.2) is 0 Å². The third-order valence-corrected chi connectivity index (χ3v) is 3.89. The number of hydrogen-bond acceptors (Lipinski definition) is 5. The van der Waals surface area contributed by atoms with E-state index in [0.717, 1.165) is 49.8 Å². The lowest BCUT2D eigenvalue weighted by molar-refractivity contribution is -0.134. The average Bonchev–Trinajstić information content (AvgIpc) is 2.54. The molecule has 23 heavy (non-hydrogen) atoms. The third-order valence-electron chi connectivity index (χ3n) is 3.89. The molecule has 1 aliphatic rings. The highest BCUT2D eigenvalue weighted by Gasteiger charge is 2.23. The summed E-state index contributed by atoms with van der Waals surface area (Å²) in [7, 11) is 3.30. The van der Waals surface area contributed by atoms with Gasteiger partial charge in [0.15, 0.2) is 0 Å². The van der Waals surface area contributed by atoms with Crippen molar-refractivity contribution < 1.29 is 14.3 Å². The van der Waals surface area contributed by atoms with Gasteiger partial charge in [0, 0.05) is 38.8 Å². The molecule has 0 aromatic heterocycles. The summed E-state index contributed by atoms with van der Waals surface area (Å²) in [5.41, 5.74) is 6.80. The highest BCUT2D eigenvalue weighted by Crippen LogP contribution is 2.23. The number of amides is 1. The second-order valence-corrected chi connectivity index (χ2v) is 5.61. The Labute approximate surface area is 143 Å². The van der Waals surface area contributed by atoms with Gasteiger partial charge in [-0.3, -0.25) is 9.69 Å². The maximum Gasteiger partial charge on any atom is 0.239 e. The summed E-state index contributed by atoms with van der Waals surface area (Å²) >= 11 is 0. The van der Waals surface area contributed by atoms with E-state index in [1.165, 1.54) is 0 Å². The first-order chi connectivity index (χ1) is 10.5. The molecule has 0 bridgehead atoms. The molecule has 130 valence electrons. The second-order valence-electron chi connectivity index (χ2n) is 5.61. The Morgan fingerprint density at radius 3 is 2.09 bits per heavy atom. The van der Waals surface area contributed by atoms with Gasteiger partial charge in [-0.2, -0.15) is 0 Å². The van der Waals surface area contributed by atoms with Gasteiger partial charge >= 0.3 is 0 Å². The van der Waals surface area contributed by atoms with Crippen LogP contribution in [0.3, 0.4) is 0 Å². The van der Waals surface area contributed by atoms with Crippen molar-refractivity contribution in [3.05, 3.63) is 23.8 Å². The number of carbonyl (C=O) groups excluding carboxylic acids is 1. The number of methoxy groups -OCH3 is 2. The first kappa shape index (κ1) is 19.5. The van der Waals surface area contributed by atoms with Crippen LogP contribution in [0.4, 0.5) is 0 Å². The van der Waals surface area contributed by atoms with Gasteiger partial charge in [0.2, 0.25) is 5.91 Å². The van der Waals surface area contributed by atoms with E-state index in [2.05, 4.69) is 4.90 Å². The van der Waals surface area contributed by atoms with Gasteiger partial charge in [0.25, 0.3) is 0 Å². The van der Waals surface area contributed by atoms with Gasteiger partial charge in [-0.15, -0.1) is 12.4 Å². The predicted molar refractivity (Wildman–Crippen MR) is 92.3 cm³/mol. The van der Waals surface area contributed by atoms with Crippen LogP contribution in [0.1, 0.15) is 12.5 Å². The molecule has 1 amide bonds. The topological polar surface area (TPSA) is 68.0 Å². The third kappa shape index (κ3) is 5.27. The Morgan fingerprint density at radius 1 is 1.13 bits per heavy atom. The normalized spacial score (nSPS) is 16.4. The lowest BCUT2D eigenvalue weighted by Crippen LogP contribution is -2.52. The van der Waals surface area contributed by atoms with Crippen molar-refractivity contribution in [2.75, 3.05) is 40.4 Å². The fraction of sp³-hybridized carbons (Fsp3) is 0.562. The highest BCUT2D eigenvalue weighted by atomic mass is 35.5. The van der Waals surface area contributed by atoms with E-state index < -0.39 is 6.04 Å². The monoisotopic (exact) mass is 343 g/mol. The largest absolute Gasteiger partial charge is 0.497 e. The van der Waals surface area contributed by atoms with Crippen molar-refractivity contribution in [1.29, 1.82) is 0 Å². The number of rotatable bonds is 5.